The van der Waals surface area contributed by atoms with Gasteiger partial charge in [-0.2, -0.15) is 0 Å². The van der Waals surface area contributed by atoms with Gasteiger partial charge in [-0.25, -0.2) is 0 Å². The summed E-state index contributed by atoms with van der Waals surface area (Å²) in [6.07, 6.45) is 1.88. The first-order valence-corrected chi connectivity index (χ1v) is 6.07. The Balaban J connectivity index is 2.38. The van der Waals surface area contributed by atoms with Crippen LogP contribution in [0.4, 0.5) is 0 Å². The minimum Gasteiger partial charge on any atom is -0.317 e. The number of likely N-dealkylation sites (N-methyl/N-ethyl adjacent to an activating group) is 2. The monoisotopic (exact) mass is 252 g/mol. The lowest BCUT2D eigenvalue weighted by Crippen LogP contribution is -2.26. The number of nitrogens with zero attached hydrogens (tertiary/aromatic N) is 2. The summed E-state index contributed by atoms with van der Waals surface area (Å²) >= 11 is 6.80. The van der Waals surface area contributed by atoms with Crippen LogP contribution in [0.1, 0.15) is 9.75 Å². The molecule has 0 spiro atoms. The van der Waals surface area contributed by atoms with E-state index in [1.54, 1.807) is 23.3 Å². The second-order valence-electron chi connectivity index (χ2n) is 3.68. The van der Waals surface area contributed by atoms with Crippen LogP contribution in [0.25, 0.3) is 6.08 Å². The average molecular weight is 252 g/mol. The van der Waals surface area contributed by atoms with Crippen LogP contribution in [0.3, 0.4) is 0 Å². The molecule has 16 heavy (non-hydrogen) atoms. The normalized spacial score (nSPS) is 19.1. The van der Waals surface area contributed by atoms with Gasteiger partial charge < -0.3 is 4.90 Å². The molecule has 0 bridgehead atoms. The number of carbonyl (C=O) groups is 1. The zero-order valence-corrected chi connectivity index (χ0v) is 11.0. The van der Waals surface area contributed by atoms with E-state index in [1.165, 1.54) is 9.78 Å². The Morgan fingerprint density at radius 3 is 2.44 bits per heavy atom. The molecule has 0 aromatic carbocycles. The highest BCUT2D eigenvalue weighted by Gasteiger charge is 2.32. The van der Waals surface area contributed by atoms with E-state index in [0.717, 1.165) is 4.88 Å². The van der Waals surface area contributed by atoms with Crippen molar-refractivity contribution in [3.8, 4) is 0 Å². The molecule has 1 aliphatic rings. The van der Waals surface area contributed by atoms with Crippen molar-refractivity contribution < 1.29 is 4.79 Å². The number of rotatable bonds is 1. The Bertz CT molecular complexity index is 490. The van der Waals surface area contributed by atoms with E-state index in [2.05, 4.69) is 0 Å². The molecule has 1 aliphatic heterocycles. The van der Waals surface area contributed by atoms with E-state index in [4.69, 9.17) is 12.2 Å². The lowest BCUT2D eigenvalue weighted by Gasteiger charge is -2.10. The molecule has 0 atom stereocenters. The predicted octanol–water partition coefficient (Wildman–Crippen LogP) is 2.09. The quantitative estimate of drug-likeness (QED) is 0.565. The van der Waals surface area contributed by atoms with Crippen molar-refractivity contribution >= 4 is 40.7 Å². The Labute approximate surface area is 104 Å². The van der Waals surface area contributed by atoms with Crippen molar-refractivity contribution in [2.75, 3.05) is 14.1 Å². The van der Waals surface area contributed by atoms with Gasteiger partial charge in [0.1, 0.15) is 5.70 Å². The summed E-state index contributed by atoms with van der Waals surface area (Å²) in [5, 5.41) is 0.546. The summed E-state index contributed by atoms with van der Waals surface area (Å²) in [7, 11) is 3.51. The molecule has 1 aromatic heterocycles. The molecule has 1 saturated heterocycles. The number of amides is 1. The largest absolute Gasteiger partial charge is 0.317 e. The predicted molar refractivity (Wildman–Crippen MR) is 70.2 cm³/mol. The van der Waals surface area contributed by atoms with E-state index in [-0.39, 0.29) is 5.91 Å². The summed E-state index contributed by atoms with van der Waals surface area (Å²) < 4.78 is 0. The number of hydrogen-bond donors (Lipinski definition) is 0. The maximum Gasteiger partial charge on any atom is 0.276 e. The maximum absolute atomic E-state index is 11.9. The van der Waals surface area contributed by atoms with Crippen LogP contribution in [-0.4, -0.2) is 34.9 Å². The Kier molecular flexibility index (Phi) is 2.82. The van der Waals surface area contributed by atoms with Gasteiger partial charge in [0.15, 0.2) is 5.11 Å². The van der Waals surface area contributed by atoms with Crippen molar-refractivity contribution in [3.63, 3.8) is 0 Å². The van der Waals surface area contributed by atoms with Crippen LogP contribution < -0.4 is 0 Å². The molecule has 0 N–H and O–H groups in total. The van der Waals surface area contributed by atoms with E-state index < -0.39 is 0 Å². The Morgan fingerprint density at radius 1 is 1.31 bits per heavy atom. The smallest absolute Gasteiger partial charge is 0.276 e. The summed E-state index contributed by atoms with van der Waals surface area (Å²) in [5.41, 5.74) is 0.634. The first-order chi connectivity index (χ1) is 7.50. The molecule has 0 unspecified atom stereocenters. The van der Waals surface area contributed by atoms with Crippen molar-refractivity contribution in [2.24, 2.45) is 0 Å². The Hall–Kier alpha value is -1.20. The van der Waals surface area contributed by atoms with Gasteiger partial charge in [0.25, 0.3) is 5.91 Å². The summed E-state index contributed by atoms with van der Waals surface area (Å²) in [6, 6.07) is 4.05. The van der Waals surface area contributed by atoms with E-state index in [1.807, 2.05) is 32.2 Å². The molecular weight excluding hydrogens is 240 g/mol. The van der Waals surface area contributed by atoms with Gasteiger partial charge >= 0.3 is 0 Å². The fourth-order valence-corrected chi connectivity index (χ4v) is 2.55. The highest BCUT2D eigenvalue weighted by Crippen LogP contribution is 2.24. The first kappa shape index (κ1) is 11.3. The zero-order valence-electron chi connectivity index (χ0n) is 9.35. The molecule has 1 amide bonds. The van der Waals surface area contributed by atoms with Gasteiger partial charge in [0.05, 0.1) is 0 Å². The van der Waals surface area contributed by atoms with Crippen LogP contribution in [0.2, 0.25) is 0 Å². The molecule has 84 valence electrons. The number of thiocarbonyl (C=S) groups is 1. The Morgan fingerprint density at radius 2 is 2.00 bits per heavy atom. The summed E-state index contributed by atoms with van der Waals surface area (Å²) in [4.78, 5) is 17.4. The van der Waals surface area contributed by atoms with Gasteiger partial charge in [-0.3, -0.25) is 9.69 Å². The van der Waals surface area contributed by atoms with Crippen molar-refractivity contribution in [3.05, 3.63) is 27.6 Å². The van der Waals surface area contributed by atoms with Crippen LogP contribution >= 0.6 is 23.6 Å². The molecule has 1 aromatic rings. The second kappa shape index (κ2) is 3.99. The van der Waals surface area contributed by atoms with Gasteiger partial charge in [-0.15, -0.1) is 11.3 Å². The molecule has 0 saturated carbocycles. The third-order valence-electron chi connectivity index (χ3n) is 2.50. The lowest BCUT2D eigenvalue weighted by molar-refractivity contribution is -0.121. The molecule has 2 heterocycles. The van der Waals surface area contributed by atoms with E-state index >= 15 is 0 Å². The van der Waals surface area contributed by atoms with Crippen LogP contribution in [0, 0.1) is 6.92 Å². The number of hydrogen-bond acceptors (Lipinski definition) is 3. The zero-order chi connectivity index (χ0) is 11.9. The molecular formula is C11H12N2OS2. The van der Waals surface area contributed by atoms with Crippen LogP contribution in [0.15, 0.2) is 17.8 Å². The third-order valence-corrected chi connectivity index (χ3v) is 3.99. The maximum atomic E-state index is 11.9. The lowest BCUT2D eigenvalue weighted by atomic mass is 10.3. The minimum atomic E-state index is -0.0430. The molecule has 0 radical (unpaired) electrons. The number of thiophene rings is 1. The fourth-order valence-electron chi connectivity index (χ4n) is 1.55. The van der Waals surface area contributed by atoms with Crippen molar-refractivity contribution in [1.29, 1.82) is 0 Å². The van der Waals surface area contributed by atoms with E-state index in [9.17, 15) is 4.79 Å². The number of carbonyl (C=O) groups excluding carboxylic acids is 1. The topological polar surface area (TPSA) is 23.6 Å². The standard InChI is InChI=1S/C11H12N2OS2/c1-7-4-5-8(16-7)6-9-10(14)13(3)11(15)12(9)2/h4-6H,1-3H3. The molecule has 1 fully saturated rings. The highest BCUT2D eigenvalue weighted by molar-refractivity contribution is 7.80. The van der Waals surface area contributed by atoms with Crippen LogP contribution in [-0.2, 0) is 4.79 Å². The van der Waals surface area contributed by atoms with Gasteiger partial charge in [-0.05, 0) is 37.4 Å². The number of aryl methyl sites for hydroxylation is 1. The van der Waals surface area contributed by atoms with E-state index in [0.29, 0.717) is 10.8 Å². The molecule has 2 rings (SSSR count). The van der Waals surface area contributed by atoms with Gasteiger partial charge in [0.2, 0.25) is 0 Å². The van der Waals surface area contributed by atoms with Gasteiger partial charge in [-0.1, -0.05) is 0 Å². The SMILES string of the molecule is Cc1ccc(C=C2C(=O)N(C)C(=S)N2C)s1. The second-order valence-corrected chi connectivity index (χ2v) is 5.37. The van der Waals surface area contributed by atoms with Crippen LogP contribution in [0.5, 0.6) is 0 Å². The molecule has 5 heteroatoms. The third kappa shape index (κ3) is 1.76. The fraction of sp³-hybridized carbons (Fsp3) is 0.273. The summed E-state index contributed by atoms with van der Waals surface area (Å²) in [6.45, 7) is 2.05. The average Bonchev–Trinajstić information content (AvgIpc) is 2.73. The first-order valence-electron chi connectivity index (χ1n) is 4.84. The van der Waals surface area contributed by atoms with Gasteiger partial charge in [0, 0.05) is 23.8 Å². The molecule has 3 nitrogen and oxygen atoms in total. The van der Waals surface area contributed by atoms with Crippen molar-refractivity contribution in [1.82, 2.24) is 9.80 Å². The van der Waals surface area contributed by atoms with Crippen molar-refractivity contribution in [2.45, 2.75) is 6.92 Å². The molecule has 0 aliphatic carbocycles. The minimum absolute atomic E-state index is 0.0430. The highest BCUT2D eigenvalue weighted by atomic mass is 32.1. The summed E-state index contributed by atoms with van der Waals surface area (Å²) in [5.74, 6) is -0.0430.